The van der Waals surface area contributed by atoms with Gasteiger partial charge in [0.1, 0.15) is 17.8 Å². The summed E-state index contributed by atoms with van der Waals surface area (Å²) >= 11 is 6.08. The van der Waals surface area contributed by atoms with Gasteiger partial charge in [0.05, 0.1) is 16.0 Å². The minimum absolute atomic E-state index is 0.0100. The molecule has 0 aliphatic heterocycles. The number of nitrogens with one attached hydrogen (secondary N) is 1. The molecule has 2 aromatic heterocycles. The number of fused-ring (bicyclic) bond motifs is 1. The van der Waals surface area contributed by atoms with Crippen LogP contribution in [0.1, 0.15) is 36.0 Å². The van der Waals surface area contributed by atoms with Crippen LogP contribution in [0.2, 0.25) is 5.02 Å². The molecule has 0 aromatic carbocycles. The number of aryl methyl sites for hydroxylation is 2. The van der Waals surface area contributed by atoms with E-state index in [-0.39, 0.29) is 16.8 Å². The summed E-state index contributed by atoms with van der Waals surface area (Å²) in [6.07, 6.45) is 5.87. The molecule has 0 amide bonds. The van der Waals surface area contributed by atoms with Crippen LogP contribution in [0.15, 0.2) is 18.5 Å². The fraction of sp³-hybridized carbons (Fsp3) is 0.357. The second kappa shape index (κ2) is 5.84. The third-order valence-electron chi connectivity index (χ3n) is 3.65. The summed E-state index contributed by atoms with van der Waals surface area (Å²) in [5.74, 6) is 1.19. The molecule has 0 saturated heterocycles. The highest BCUT2D eigenvalue weighted by Crippen LogP contribution is 2.33. The fourth-order valence-electron chi connectivity index (χ4n) is 2.60. The van der Waals surface area contributed by atoms with Crippen LogP contribution in [0.4, 0.5) is 11.5 Å². The first-order valence-corrected chi connectivity index (χ1v) is 7.31. The molecule has 1 aliphatic rings. The highest BCUT2D eigenvalue weighted by atomic mass is 35.5. The van der Waals surface area contributed by atoms with Crippen LogP contribution < -0.4 is 5.32 Å². The SMILES string of the molecule is Cc1ncc2c(n1)CCC[C@H]2Nc1ncc([N+](=O)[O-])cc1Cl. The van der Waals surface area contributed by atoms with Gasteiger partial charge in [0.25, 0.3) is 5.69 Å². The summed E-state index contributed by atoms with van der Waals surface area (Å²) < 4.78 is 0. The van der Waals surface area contributed by atoms with Crippen LogP contribution in [0.5, 0.6) is 0 Å². The van der Waals surface area contributed by atoms with E-state index >= 15 is 0 Å². The number of hydrogen-bond acceptors (Lipinski definition) is 6. The Labute approximate surface area is 131 Å². The summed E-state index contributed by atoms with van der Waals surface area (Å²) in [7, 11) is 0. The lowest BCUT2D eigenvalue weighted by atomic mass is 9.92. The summed E-state index contributed by atoms with van der Waals surface area (Å²) in [6.45, 7) is 1.87. The lowest BCUT2D eigenvalue weighted by molar-refractivity contribution is -0.385. The third kappa shape index (κ3) is 2.85. The molecule has 1 N–H and O–H groups in total. The zero-order valence-corrected chi connectivity index (χ0v) is 12.7. The number of aromatic nitrogens is 3. The Balaban J connectivity index is 1.87. The van der Waals surface area contributed by atoms with E-state index in [1.54, 1.807) is 0 Å². The van der Waals surface area contributed by atoms with E-state index in [0.717, 1.165) is 36.3 Å². The molecular weight excluding hydrogens is 306 g/mol. The molecule has 0 saturated carbocycles. The van der Waals surface area contributed by atoms with E-state index in [1.165, 1.54) is 12.3 Å². The lowest BCUT2D eigenvalue weighted by Gasteiger charge is -2.26. The standard InChI is InChI=1S/C14H14ClN5O2/c1-8-16-7-10-12(18-8)3-2-4-13(10)19-14-11(15)5-9(6-17-14)20(21)22/h5-7,13H,2-4H2,1H3,(H,17,19)/t13-/m1/s1. The highest BCUT2D eigenvalue weighted by Gasteiger charge is 2.23. The molecule has 7 nitrogen and oxygen atoms in total. The Morgan fingerprint density at radius 2 is 2.23 bits per heavy atom. The number of rotatable bonds is 3. The molecular formula is C14H14ClN5O2. The van der Waals surface area contributed by atoms with Crippen molar-refractivity contribution in [1.82, 2.24) is 15.0 Å². The Bertz CT molecular complexity index is 737. The number of nitrogens with zero attached hydrogens (tertiary/aromatic N) is 4. The van der Waals surface area contributed by atoms with E-state index < -0.39 is 4.92 Å². The minimum atomic E-state index is -0.519. The predicted molar refractivity (Wildman–Crippen MR) is 82.0 cm³/mol. The molecule has 3 rings (SSSR count). The Kier molecular flexibility index (Phi) is 3.89. The summed E-state index contributed by atoms with van der Waals surface area (Å²) in [5.41, 5.74) is 1.95. The van der Waals surface area contributed by atoms with Gasteiger partial charge in [0.2, 0.25) is 0 Å². The topological polar surface area (TPSA) is 93.8 Å². The minimum Gasteiger partial charge on any atom is -0.362 e. The number of nitro groups is 1. The molecule has 22 heavy (non-hydrogen) atoms. The quantitative estimate of drug-likeness (QED) is 0.689. The van der Waals surface area contributed by atoms with Crippen LogP contribution in [0.3, 0.4) is 0 Å². The summed E-state index contributed by atoms with van der Waals surface area (Å²) in [4.78, 5) is 23.0. The van der Waals surface area contributed by atoms with Gasteiger partial charge < -0.3 is 5.32 Å². The van der Waals surface area contributed by atoms with E-state index in [9.17, 15) is 10.1 Å². The number of hydrogen-bond donors (Lipinski definition) is 1. The van der Waals surface area contributed by atoms with E-state index in [2.05, 4.69) is 20.3 Å². The first-order valence-electron chi connectivity index (χ1n) is 6.93. The Morgan fingerprint density at radius 1 is 1.41 bits per heavy atom. The normalized spacial score (nSPS) is 16.9. The lowest BCUT2D eigenvalue weighted by Crippen LogP contribution is -2.20. The molecule has 8 heteroatoms. The first-order chi connectivity index (χ1) is 10.5. The van der Waals surface area contributed by atoms with E-state index in [0.29, 0.717) is 5.82 Å². The number of pyridine rings is 1. The van der Waals surface area contributed by atoms with Crippen molar-refractivity contribution in [2.45, 2.75) is 32.2 Å². The molecule has 0 unspecified atom stereocenters. The largest absolute Gasteiger partial charge is 0.362 e. The molecule has 1 atom stereocenters. The smallest absolute Gasteiger partial charge is 0.289 e. The van der Waals surface area contributed by atoms with Crippen molar-refractivity contribution >= 4 is 23.1 Å². The van der Waals surface area contributed by atoms with Gasteiger partial charge in [-0.15, -0.1) is 0 Å². The van der Waals surface area contributed by atoms with Crippen molar-refractivity contribution in [3.05, 3.63) is 50.7 Å². The maximum absolute atomic E-state index is 10.7. The van der Waals surface area contributed by atoms with E-state index in [1.807, 2.05) is 13.1 Å². The highest BCUT2D eigenvalue weighted by molar-refractivity contribution is 6.33. The molecule has 0 bridgehead atoms. The van der Waals surface area contributed by atoms with Crippen LogP contribution in [0, 0.1) is 17.0 Å². The fourth-order valence-corrected chi connectivity index (χ4v) is 2.81. The van der Waals surface area contributed by atoms with Crippen LogP contribution in [0.25, 0.3) is 0 Å². The molecule has 2 aromatic rings. The van der Waals surface area contributed by atoms with Crippen LogP contribution in [-0.4, -0.2) is 19.9 Å². The predicted octanol–water partition coefficient (Wildman–Crippen LogP) is 3.23. The summed E-state index contributed by atoms with van der Waals surface area (Å²) in [6, 6.07) is 1.31. The van der Waals surface area contributed by atoms with Crippen LogP contribution >= 0.6 is 11.6 Å². The molecule has 0 spiro atoms. The molecule has 2 heterocycles. The average molecular weight is 320 g/mol. The zero-order valence-electron chi connectivity index (χ0n) is 11.9. The van der Waals surface area contributed by atoms with Gasteiger partial charge >= 0.3 is 0 Å². The second-order valence-corrected chi connectivity index (χ2v) is 5.60. The Morgan fingerprint density at radius 3 is 2.95 bits per heavy atom. The van der Waals surface area contributed by atoms with Gasteiger partial charge in [-0.2, -0.15) is 0 Å². The van der Waals surface area contributed by atoms with Gasteiger partial charge in [-0.3, -0.25) is 10.1 Å². The van der Waals surface area contributed by atoms with Gasteiger partial charge in [-0.1, -0.05) is 11.6 Å². The zero-order chi connectivity index (χ0) is 15.7. The second-order valence-electron chi connectivity index (χ2n) is 5.19. The van der Waals surface area contributed by atoms with Crippen molar-refractivity contribution in [3.63, 3.8) is 0 Å². The monoisotopic (exact) mass is 319 g/mol. The van der Waals surface area contributed by atoms with Gasteiger partial charge in [-0.05, 0) is 26.2 Å². The third-order valence-corrected chi connectivity index (χ3v) is 3.94. The van der Waals surface area contributed by atoms with Crippen molar-refractivity contribution in [1.29, 1.82) is 0 Å². The van der Waals surface area contributed by atoms with Crippen molar-refractivity contribution in [2.75, 3.05) is 5.32 Å². The first kappa shape index (κ1) is 14.6. The van der Waals surface area contributed by atoms with Gasteiger partial charge in [-0.25, -0.2) is 15.0 Å². The number of anilines is 1. The molecule has 1 aliphatic carbocycles. The maximum Gasteiger partial charge on any atom is 0.289 e. The van der Waals surface area contributed by atoms with Gasteiger partial charge in [0.15, 0.2) is 0 Å². The maximum atomic E-state index is 10.7. The Hall–Kier alpha value is -2.28. The van der Waals surface area contributed by atoms with Gasteiger partial charge in [0, 0.05) is 23.5 Å². The van der Waals surface area contributed by atoms with Crippen molar-refractivity contribution in [2.24, 2.45) is 0 Å². The molecule has 0 fully saturated rings. The number of halogens is 1. The average Bonchev–Trinajstić information content (AvgIpc) is 2.49. The summed E-state index contributed by atoms with van der Waals surface area (Å²) in [5, 5.41) is 14.2. The molecule has 0 radical (unpaired) electrons. The molecule has 114 valence electrons. The van der Waals surface area contributed by atoms with E-state index in [4.69, 9.17) is 11.6 Å². The van der Waals surface area contributed by atoms with Crippen LogP contribution in [-0.2, 0) is 6.42 Å². The van der Waals surface area contributed by atoms with Crippen molar-refractivity contribution < 1.29 is 4.92 Å². The van der Waals surface area contributed by atoms with Crippen molar-refractivity contribution in [3.8, 4) is 0 Å².